The van der Waals surface area contributed by atoms with Crippen molar-refractivity contribution < 1.29 is 14.1 Å². The molecule has 1 amide bonds. The van der Waals surface area contributed by atoms with Gasteiger partial charge in [0.05, 0.1) is 10.7 Å². The molecule has 8 nitrogen and oxygen atoms in total. The van der Waals surface area contributed by atoms with E-state index >= 15 is 0 Å². The Morgan fingerprint density at radius 3 is 2.70 bits per heavy atom. The number of carbonyl (C=O) groups excluding carboxylic acids is 1. The molecule has 0 aliphatic rings. The Kier molecular flexibility index (Phi) is 5.46. The van der Waals surface area contributed by atoms with E-state index in [1.165, 1.54) is 42.1 Å². The van der Waals surface area contributed by atoms with E-state index in [0.717, 1.165) is 0 Å². The second-order valence-electron chi connectivity index (χ2n) is 5.52. The Balaban J connectivity index is 1.63. The van der Waals surface area contributed by atoms with Gasteiger partial charge in [-0.05, 0) is 30.3 Å². The Labute approximate surface area is 157 Å². The first kappa shape index (κ1) is 18.5. The fourth-order valence-corrected chi connectivity index (χ4v) is 3.03. The van der Waals surface area contributed by atoms with Crippen LogP contribution in [-0.4, -0.2) is 31.3 Å². The Bertz CT molecular complexity index is 990. The standard InChI is InChI=1S/C17H14FN5O3S/c1-22-16(11-5-7-12(18)8-6-11)20-21-17(22)27-10-15(24)19-13-3-2-4-14(9-13)23(25)26/h2-9H,10H2,1H3,(H,19,24). The number of thioether (sulfide) groups is 1. The van der Waals surface area contributed by atoms with Crippen molar-refractivity contribution >= 4 is 29.0 Å². The largest absolute Gasteiger partial charge is 0.325 e. The maximum atomic E-state index is 13.0. The summed E-state index contributed by atoms with van der Waals surface area (Å²) in [6.45, 7) is 0. The number of non-ortho nitro benzene ring substituents is 1. The number of anilines is 1. The summed E-state index contributed by atoms with van der Waals surface area (Å²) in [6, 6.07) is 11.6. The van der Waals surface area contributed by atoms with E-state index in [4.69, 9.17) is 0 Å². The molecule has 138 valence electrons. The number of carbonyl (C=O) groups is 1. The van der Waals surface area contributed by atoms with Crippen molar-refractivity contribution in [1.29, 1.82) is 0 Å². The van der Waals surface area contributed by atoms with Gasteiger partial charge in [-0.15, -0.1) is 10.2 Å². The maximum absolute atomic E-state index is 13.0. The van der Waals surface area contributed by atoms with Gasteiger partial charge in [0.2, 0.25) is 5.91 Å². The van der Waals surface area contributed by atoms with Gasteiger partial charge in [0, 0.05) is 30.4 Å². The predicted octanol–water partition coefficient (Wildman–Crippen LogP) is 3.26. The minimum atomic E-state index is -0.527. The number of nitro groups is 1. The molecule has 0 unspecified atom stereocenters. The van der Waals surface area contributed by atoms with Crippen LogP contribution in [0.3, 0.4) is 0 Å². The van der Waals surface area contributed by atoms with Crippen molar-refractivity contribution in [3.8, 4) is 11.4 Å². The molecule has 0 saturated heterocycles. The lowest BCUT2D eigenvalue weighted by atomic mass is 10.2. The van der Waals surface area contributed by atoms with Gasteiger partial charge in [0.25, 0.3) is 5.69 Å². The van der Waals surface area contributed by atoms with Crippen molar-refractivity contribution in [3.05, 3.63) is 64.5 Å². The summed E-state index contributed by atoms with van der Waals surface area (Å²) in [4.78, 5) is 22.3. The van der Waals surface area contributed by atoms with Crippen LogP contribution >= 0.6 is 11.8 Å². The highest BCUT2D eigenvalue weighted by Gasteiger charge is 2.14. The third kappa shape index (κ3) is 4.47. The number of rotatable bonds is 6. The minimum absolute atomic E-state index is 0.0537. The highest BCUT2D eigenvalue weighted by molar-refractivity contribution is 7.99. The third-order valence-corrected chi connectivity index (χ3v) is 4.63. The van der Waals surface area contributed by atoms with E-state index in [-0.39, 0.29) is 23.2 Å². The molecule has 1 N–H and O–H groups in total. The molecule has 1 heterocycles. The lowest BCUT2D eigenvalue weighted by molar-refractivity contribution is -0.384. The average Bonchev–Trinajstić information content (AvgIpc) is 3.01. The molecular weight excluding hydrogens is 373 g/mol. The topological polar surface area (TPSA) is 103 Å². The van der Waals surface area contributed by atoms with Crippen molar-refractivity contribution in [1.82, 2.24) is 14.8 Å². The first-order valence-corrected chi connectivity index (χ1v) is 8.75. The highest BCUT2D eigenvalue weighted by atomic mass is 32.2. The van der Waals surface area contributed by atoms with E-state index in [0.29, 0.717) is 22.2 Å². The molecular formula is C17H14FN5O3S. The average molecular weight is 387 g/mol. The molecule has 0 fully saturated rings. The van der Waals surface area contributed by atoms with Crippen LogP contribution in [0.25, 0.3) is 11.4 Å². The van der Waals surface area contributed by atoms with E-state index in [1.54, 1.807) is 29.8 Å². The van der Waals surface area contributed by atoms with E-state index in [2.05, 4.69) is 15.5 Å². The first-order chi connectivity index (χ1) is 12.9. The molecule has 1 aromatic heterocycles. The number of halogens is 1. The maximum Gasteiger partial charge on any atom is 0.271 e. The molecule has 0 spiro atoms. The number of hydrogen-bond acceptors (Lipinski definition) is 6. The molecule has 3 rings (SSSR count). The molecule has 0 aliphatic carbocycles. The van der Waals surface area contributed by atoms with E-state index < -0.39 is 4.92 Å². The normalized spacial score (nSPS) is 10.6. The molecule has 3 aromatic rings. The first-order valence-electron chi connectivity index (χ1n) is 7.76. The predicted molar refractivity (Wildman–Crippen MR) is 98.8 cm³/mol. The van der Waals surface area contributed by atoms with E-state index in [9.17, 15) is 19.3 Å². The molecule has 10 heteroatoms. The lowest BCUT2D eigenvalue weighted by Crippen LogP contribution is -2.14. The fraction of sp³-hybridized carbons (Fsp3) is 0.118. The van der Waals surface area contributed by atoms with Crippen LogP contribution in [-0.2, 0) is 11.8 Å². The van der Waals surface area contributed by atoms with Gasteiger partial charge < -0.3 is 9.88 Å². The Hall–Kier alpha value is -3.27. The summed E-state index contributed by atoms with van der Waals surface area (Å²) >= 11 is 1.17. The minimum Gasteiger partial charge on any atom is -0.325 e. The van der Waals surface area contributed by atoms with Crippen molar-refractivity contribution in [2.24, 2.45) is 7.05 Å². The van der Waals surface area contributed by atoms with Gasteiger partial charge in [-0.3, -0.25) is 14.9 Å². The smallest absolute Gasteiger partial charge is 0.271 e. The molecule has 27 heavy (non-hydrogen) atoms. The fourth-order valence-electron chi connectivity index (χ4n) is 2.32. The molecule has 0 bridgehead atoms. The van der Waals surface area contributed by atoms with Gasteiger partial charge in [-0.1, -0.05) is 17.8 Å². The quantitative estimate of drug-likeness (QED) is 0.396. The van der Waals surface area contributed by atoms with Crippen LogP contribution in [0.1, 0.15) is 0 Å². The van der Waals surface area contributed by atoms with Crippen molar-refractivity contribution in [3.63, 3.8) is 0 Å². The second-order valence-corrected chi connectivity index (χ2v) is 6.46. The summed E-state index contributed by atoms with van der Waals surface area (Å²) in [7, 11) is 1.75. The van der Waals surface area contributed by atoms with Crippen molar-refractivity contribution in [2.75, 3.05) is 11.1 Å². The highest BCUT2D eigenvalue weighted by Crippen LogP contribution is 2.23. The SMILES string of the molecule is Cn1c(SCC(=O)Nc2cccc([N+](=O)[O-])c2)nnc1-c1ccc(F)cc1. The van der Waals surface area contributed by atoms with Crippen LogP contribution in [0.15, 0.2) is 53.7 Å². The van der Waals surface area contributed by atoms with E-state index in [1.807, 2.05) is 0 Å². The van der Waals surface area contributed by atoms with Gasteiger partial charge in [-0.25, -0.2) is 4.39 Å². The van der Waals surface area contributed by atoms with Crippen LogP contribution < -0.4 is 5.32 Å². The molecule has 0 aliphatic heterocycles. The zero-order valence-electron chi connectivity index (χ0n) is 14.1. The number of nitro benzene ring substituents is 1. The third-order valence-electron chi connectivity index (χ3n) is 3.61. The number of hydrogen-bond donors (Lipinski definition) is 1. The number of benzene rings is 2. The summed E-state index contributed by atoms with van der Waals surface area (Å²) in [5, 5.41) is 22.0. The second kappa shape index (κ2) is 7.96. The Morgan fingerprint density at radius 1 is 1.26 bits per heavy atom. The van der Waals surface area contributed by atoms with Crippen LogP contribution in [0.5, 0.6) is 0 Å². The number of nitrogens with one attached hydrogen (secondary N) is 1. The Morgan fingerprint density at radius 2 is 2.00 bits per heavy atom. The van der Waals surface area contributed by atoms with Gasteiger partial charge in [0.15, 0.2) is 11.0 Å². The number of aromatic nitrogens is 3. The summed E-state index contributed by atoms with van der Waals surface area (Å²) in [6.07, 6.45) is 0. The molecule has 2 aromatic carbocycles. The monoisotopic (exact) mass is 387 g/mol. The van der Waals surface area contributed by atoms with Gasteiger partial charge >= 0.3 is 0 Å². The lowest BCUT2D eigenvalue weighted by Gasteiger charge is -2.06. The summed E-state index contributed by atoms with van der Waals surface area (Å²) < 4.78 is 14.7. The van der Waals surface area contributed by atoms with Crippen LogP contribution in [0, 0.1) is 15.9 Å². The molecule has 0 radical (unpaired) electrons. The summed E-state index contributed by atoms with van der Waals surface area (Å²) in [5.41, 5.74) is 0.955. The summed E-state index contributed by atoms with van der Waals surface area (Å²) in [5.74, 6) is -0.0605. The van der Waals surface area contributed by atoms with Crippen LogP contribution in [0.4, 0.5) is 15.8 Å². The molecule has 0 atom stereocenters. The zero-order chi connectivity index (χ0) is 19.4. The van der Waals surface area contributed by atoms with Gasteiger partial charge in [0.1, 0.15) is 5.82 Å². The van der Waals surface area contributed by atoms with Gasteiger partial charge in [-0.2, -0.15) is 0 Å². The van der Waals surface area contributed by atoms with Crippen LogP contribution in [0.2, 0.25) is 0 Å². The number of nitrogens with zero attached hydrogens (tertiary/aromatic N) is 4. The van der Waals surface area contributed by atoms with Crippen molar-refractivity contribution in [2.45, 2.75) is 5.16 Å². The molecule has 0 saturated carbocycles. The zero-order valence-corrected chi connectivity index (χ0v) is 14.9. The number of amides is 1.